The molecule has 4 rings (SSSR count). The molecule has 1 heterocycles. The lowest BCUT2D eigenvalue weighted by atomic mass is 10.0. The maximum atomic E-state index is 14.6. The van der Waals surface area contributed by atoms with Crippen LogP contribution in [0.1, 0.15) is 23.1 Å². The lowest BCUT2D eigenvalue weighted by Gasteiger charge is -2.29. The van der Waals surface area contributed by atoms with E-state index in [4.69, 9.17) is 14.2 Å². The maximum absolute atomic E-state index is 14.6. The molecular formula is C26H21F5O3. The average molecular weight is 476 g/mol. The Kier molecular flexibility index (Phi) is 7.47. The summed E-state index contributed by atoms with van der Waals surface area (Å²) in [4.78, 5) is 0. The zero-order chi connectivity index (χ0) is 24.2. The number of aryl methyl sites for hydroxylation is 1. The first kappa shape index (κ1) is 24.1. The van der Waals surface area contributed by atoms with E-state index in [0.717, 1.165) is 6.07 Å². The highest BCUT2D eigenvalue weighted by Gasteiger charge is 2.22. The molecule has 0 unspecified atom stereocenters. The van der Waals surface area contributed by atoms with Crippen LogP contribution < -0.4 is 0 Å². The van der Waals surface area contributed by atoms with E-state index in [1.807, 2.05) is 0 Å². The molecule has 3 aromatic rings. The molecule has 0 radical (unpaired) electrons. The lowest BCUT2D eigenvalue weighted by Crippen LogP contribution is -2.34. The zero-order valence-electron chi connectivity index (χ0n) is 18.3. The fourth-order valence-electron chi connectivity index (χ4n) is 3.77. The third kappa shape index (κ3) is 5.39. The molecule has 0 atom stereocenters. The quantitative estimate of drug-likeness (QED) is 0.276. The Labute approximate surface area is 193 Å². The summed E-state index contributed by atoms with van der Waals surface area (Å²) >= 11 is 0. The van der Waals surface area contributed by atoms with Crippen molar-refractivity contribution in [3.63, 3.8) is 0 Å². The monoisotopic (exact) mass is 476 g/mol. The molecule has 3 nitrogen and oxygen atoms in total. The fraction of sp³-hybridized carbons (Fsp3) is 0.308. The first-order chi connectivity index (χ1) is 16.4. The Morgan fingerprint density at radius 3 is 2.26 bits per heavy atom. The number of fused-ring (bicyclic) bond motifs is 1. The first-order valence-electron chi connectivity index (χ1n) is 10.6. The molecule has 0 saturated carbocycles. The molecule has 0 bridgehead atoms. The van der Waals surface area contributed by atoms with Gasteiger partial charge in [-0.3, -0.25) is 0 Å². The minimum atomic E-state index is -1.56. The number of hydrogen-bond donors (Lipinski definition) is 0. The van der Waals surface area contributed by atoms with Gasteiger partial charge in [0.1, 0.15) is 11.6 Å². The Balaban J connectivity index is 1.46. The summed E-state index contributed by atoms with van der Waals surface area (Å²) in [6.07, 6.45) is 0.336. The largest absolute Gasteiger partial charge is 0.384 e. The normalized spacial score (nSPS) is 18.1. The van der Waals surface area contributed by atoms with Gasteiger partial charge >= 0.3 is 0 Å². The Bertz CT molecular complexity index is 1230. The summed E-state index contributed by atoms with van der Waals surface area (Å²) in [5, 5.41) is -0.0357. The van der Waals surface area contributed by atoms with Gasteiger partial charge in [-0.05, 0) is 47.7 Å². The van der Waals surface area contributed by atoms with Crippen LogP contribution in [0.15, 0.2) is 36.4 Å². The molecule has 3 aromatic carbocycles. The Morgan fingerprint density at radius 2 is 1.59 bits per heavy atom. The van der Waals surface area contributed by atoms with Crippen LogP contribution in [0, 0.1) is 46.8 Å². The smallest absolute Gasteiger partial charge is 0.195 e. The van der Waals surface area contributed by atoms with Crippen LogP contribution in [0.4, 0.5) is 22.0 Å². The third-order valence-electron chi connectivity index (χ3n) is 5.51. The number of methoxy groups -OCH3 is 1. The lowest BCUT2D eigenvalue weighted by molar-refractivity contribution is -0.208. The number of ether oxygens (including phenoxy) is 3. The van der Waals surface area contributed by atoms with Gasteiger partial charge in [0, 0.05) is 30.4 Å². The van der Waals surface area contributed by atoms with Crippen LogP contribution in [0.3, 0.4) is 0 Å². The summed E-state index contributed by atoms with van der Waals surface area (Å²) < 4.78 is 86.1. The standard InChI is InChI=1S/C26H21F5O3/c1-32-12-17-13-33-24(34-14-17)7-4-16-9-21(27)20(22(28)10-16)6-3-15-2-5-19-18(8-15)11-23(29)26(31)25(19)30/h2,5,8-11,17,24H,4,7,12-14H2,1H3. The van der Waals surface area contributed by atoms with Gasteiger partial charge in [-0.1, -0.05) is 17.9 Å². The van der Waals surface area contributed by atoms with Crippen molar-refractivity contribution < 1.29 is 36.2 Å². The van der Waals surface area contributed by atoms with Crippen molar-refractivity contribution in [2.45, 2.75) is 19.1 Å². The van der Waals surface area contributed by atoms with Gasteiger partial charge in [-0.25, -0.2) is 22.0 Å². The van der Waals surface area contributed by atoms with Crippen LogP contribution in [-0.4, -0.2) is 33.2 Å². The molecule has 0 aromatic heterocycles. The summed E-state index contributed by atoms with van der Waals surface area (Å²) in [6.45, 7) is 1.54. The van der Waals surface area contributed by atoms with Gasteiger partial charge in [0.15, 0.2) is 23.7 Å². The molecule has 0 amide bonds. The Hall–Kier alpha value is -2.99. The molecule has 1 aliphatic heterocycles. The van der Waals surface area contributed by atoms with Crippen molar-refractivity contribution in [1.82, 2.24) is 0 Å². The molecule has 8 heteroatoms. The minimum absolute atomic E-state index is 0.0835. The van der Waals surface area contributed by atoms with Crippen molar-refractivity contribution >= 4 is 10.8 Å². The van der Waals surface area contributed by atoms with Crippen molar-refractivity contribution in [2.24, 2.45) is 5.92 Å². The highest BCUT2D eigenvalue weighted by Crippen LogP contribution is 2.24. The van der Waals surface area contributed by atoms with Gasteiger partial charge in [-0.15, -0.1) is 0 Å². The maximum Gasteiger partial charge on any atom is 0.195 e. The van der Waals surface area contributed by atoms with E-state index in [0.29, 0.717) is 38.2 Å². The van der Waals surface area contributed by atoms with Crippen LogP contribution in [-0.2, 0) is 20.6 Å². The number of halogens is 5. The van der Waals surface area contributed by atoms with Gasteiger partial charge in [0.05, 0.1) is 25.4 Å². The zero-order valence-corrected chi connectivity index (χ0v) is 18.3. The summed E-state index contributed by atoms with van der Waals surface area (Å²) in [6, 6.07) is 7.17. The average Bonchev–Trinajstić information content (AvgIpc) is 2.82. The molecular weight excluding hydrogens is 455 g/mol. The SMILES string of the molecule is COCC1COC(CCc2cc(F)c(C#Cc3ccc4c(F)c(F)c(F)cc4c3)c(F)c2)OC1. The molecule has 178 valence electrons. The van der Waals surface area contributed by atoms with Crippen LogP contribution >= 0.6 is 0 Å². The summed E-state index contributed by atoms with van der Waals surface area (Å²) in [5.41, 5.74) is 0.275. The third-order valence-corrected chi connectivity index (χ3v) is 5.51. The topological polar surface area (TPSA) is 27.7 Å². The number of hydrogen-bond acceptors (Lipinski definition) is 3. The van der Waals surface area contributed by atoms with E-state index >= 15 is 0 Å². The second kappa shape index (κ2) is 10.5. The molecule has 0 aliphatic carbocycles. The van der Waals surface area contributed by atoms with Crippen molar-refractivity contribution in [1.29, 1.82) is 0 Å². The van der Waals surface area contributed by atoms with E-state index in [2.05, 4.69) is 11.8 Å². The van der Waals surface area contributed by atoms with Gasteiger partial charge in [-0.2, -0.15) is 0 Å². The van der Waals surface area contributed by atoms with E-state index in [9.17, 15) is 22.0 Å². The van der Waals surface area contributed by atoms with E-state index in [1.165, 1.54) is 30.3 Å². The van der Waals surface area contributed by atoms with Crippen LogP contribution in [0.5, 0.6) is 0 Å². The molecule has 0 N–H and O–H groups in total. The van der Waals surface area contributed by atoms with E-state index in [1.54, 1.807) is 7.11 Å². The highest BCUT2D eigenvalue weighted by atomic mass is 19.2. The van der Waals surface area contributed by atoms with Gasteiger partial charge in [0.25, 0.3) is 0 Å². The molecule has 1 saturated heterocycles. The van der Waals surface area contributed by atoms with Crippen LogP contribution in [0.25, 0.3) is 10.8 Å². The second-order valence-electron chi connectivity index (χ2n) is 8.06. The van der Waals surface area contributed by atoms with Crippen molar-refractivity contribution in [3.8, 4) is 11.8 Å². The number of benzene rings is 3. The summed E-state index contributed by atoms with van der Waals surface area (Å²) in [5.74, 6) is -0.671. The van der Waals surface area contributed by atoms with Crippen molar-refractivity contribution in [2.75, 3.05) is 26.9 Å². The minimum Gasteiger partial charge on any atom is -0.384 e. The van der Waals surface area contributed by atoms with Gasteiger partial charge in [0.2, 0.25) is 0 Å². The summed E-state index contributed by atoms with van der Waals surface area (Å²) in [7, 11) is 1.61. The number of rotatable bonds is 5. The van der Waals surface area contributed by atoms with E-state index in [-0.39, 0.29) is 22.3 Å². The predicted octanol–water partition coefficient (Wildman–Crippen LogP) is 5.50. The predicted molar refractivity (Wildman–Crippen MR) is 116 cm³/mol. The second-order valence-corrected chi connectivity index (χ2v) is 8.06. The molecule has 1 fully saturated rings. The van der Waals surface area contributed by atoms with Gasteiger partial charge < -0.3 is 14.2 Å². The highest BCUT2D eigenvalue weighted by molar-refractivity contribution is 5.84. The molecule has 1 aliphatic rings. The molecule has 34 heavy (non-hydrogen) atoms. The van der Waals surface area contributed by atoms with Crippen molar-refractivity contribution in [3.05, 3.63) is 82.2 Å². The van der Waals surface area contributed by atoms with E-state index < -0.39 is 40.9 Å². The fourth-order valence-corrected chi connectivity index (χ4v) is 3.77. The Morgan fingerprint density at radius 1 is 0.882 bits per heavy atom. The molecule has 0 spiro atoms. The van der Waals surface area contributed by atoms with Crippen LogP contribution in [0.2, 0.25) is 0 Å². The first-order valence-corrected chi connectivity index (χ1v) is 10.6.